The van der Waals surface area contributed by atoms with Crippen LogP contribution in [0, 0.1) is 5.92 Å². The number of nitrogens with one attached hydrogen (secondary N) is 1. The summed E-state index contributed by atoms with van der Waals surface area (Å²) in [7, 11) is 1.68. The number of fused-ring (bicyclic) bond motifs is 2. The number of pyridine rings is 1. The molecule has 0 radical (unpaired) electrons. The van der Waals surface area contributed by atoms with E-state index in [-0.39, 0.29) is 43.7 Å². The third-order valence-corrected chi connectivity index (χ3v) is 7.05. The first-order chi connectivity index (χ1) is 18.8. The highest BCUT2D eigenvalue weighted by atomic mass is 16.7. The fourth-order valence-corrected chi connectivity index (χ4v) is 4.65. The number of aliphatic hydroxyl groups excluding tert-OH is 1. The average Bonchev–Trinajstić information content (AvgIpc) is 3.42. The quantitative estimate of drug-likeness (QED) is 0.496. The molecule has 0 saturated carbocycles. The summed E-state index contributed by atoms with van der Waals surface area (Å²) in [5.41, 5.74) is 2.61. The van der Waals surface area contributed by atoms with Gasteiger partial charge in [-0.2, -0.15) is 0 Å². The van der Waals surface area contributed by atoms with Gasteiger partial charge < -0.3 is 34.4 Å². The Morgan fingerprint density at radius 1 is 1.15 bits per heavy atom. The molecular formula is C29H32N4O6. The molecule has 39 heavy (non-hydrogen) atoms. The number of nitrogens with zero attached hydrogens (tertiary/aromatic N) is 3. The standard InChI is InChI=1S/C29H32N4O6/c1-18-14-33(19(2)16-34)28(35)23-11-21(20-7-5-4-6-8-20)13-30-27(23)39-26(18)15-32(3)29(36)31-22-9-10-24-25(12-22)38-17-37-24/h4-13,18-19,26,34H,14-17H2,1-3H3,(H,31,36)/t18-,19+,26+/m0/s1. The number of carbonyl (C=O) groups is 2. The van der Waals surface area contributed by atoms with Gasteiger partial charge in [0, 0.05) is 43.0 Å². The van der Waals surface area contributed by atoms with Gasteiger partial charge in [0.15, 0.2) is 11.5 Å². The van der Waals surface area contributed by atoms with Crippen LogP contribution in [0.3, 0.4) is 0 Å². The van der Waals surface area contributed by atoms with Crippen LogP contribution in [0.4, 0.5) is 10.5 Å². The predicted octanol–water partition coefficient (Wildman–Crippen LogP) is 3.86. The van der Waals surface area contributed by atoms with Gasteiger partial charge in [0.05, 0.1) is 19.2 Å². The molecule has 5 rings (SSSR count). The summed E-state index contributed by atoms with van der Waals surface area (Å²) < 4.78 is 17.1. The van der Waals surface area contributed by atoms with E-state index in [2.05, 4.69) is 10.3 Å². The van der Waals surface area contributed by atoms with Crippen molar-refractivity contribution in [2.45, 2.75) is 26.0 Å². The van der Waals surface area contributed by atoms with E-state index < -0.39 is 12.1 Å². The number of likely N-dealkylation sites (N-methyl/N-ethyl adjacent to an activating group) is 1. The Kier molecular flexibility index (Phi) is 7.56. The number of rotatable bonds is 6. The van der Waals surface area contributed by atoms with Crippen LogP contribution in [0.2, 0.25) is 0 Å². The van der Waals surface area contributed by atoms with Gasteiger partial charge in [0.25, 0.3) is 5.91 Å². The van der Waals surface area contributed by atoms with E-state index in [1.807, 2.05) is 37.3 Å². The molecule has 0 unspecified atom stereocenters. The van der Waals surface area contributed by atoms with E-state index >= 15 is 0 Å². The molecule has 3 heterocycles. The van der Waals surface area contributed by atoms with Gasteiger partial charge in [-0.3, -0.25) is 4.79 Å². The van der Waals surface area contributed by atoms with Crippen LogP contribution in [0.5, 0.6) is 17.4 Å². The molecule has 3 atom stereocenters. The maximum Gasteiger partial charge on any atom is 0.321 e. The fraction of sp³-hybridized carbons (Fsp3) is 0.345. The van der Waals surface area contributed by atoms with Crippen LogP contribution in [-0.4, -0.2) is 77.5 Å². The number of aliphatic hydroxyl groups is 1. The van der Waals surface area contributed by atoms with Crippen molar-refractivity contribution in [2.24, 2.45) is 5.92 Å². The molecule has 2 N–H and O–H groups in total. The molecule has 2 aliphatic heterocycles. The van der Waals surface area contributed by atoms with Crippen LogP contribution in [-0.2, 0) is 0 Å². The number of aromatic nitrogens is 1. The Labute approximate surface area is 227 Å². The molecule has 1 aromatic heterocycles. The van der Waals surface area contributed by atoms with Crippen molar-refractivity contribution in [1.29, 1.82) is 0 Å². The molecule has 0 saturated heterocycles. The van der Waals surface area contributed by atoms with Gasteiger partial charge in [0.2, 0.25) is 12.7 Å². The zero-order valence-corrected chi connectivity index (χ0v) is 22.2. The molecule has 10 nitrogen and oxygen atoms in total. The maximum atomic E-state index is 13.6. The summed E-state index contributed by atoms with van der Waals surface area (Å²) in [6, 6.07) is 15.9. The Morgan fingerprint density at radius 3 is 2.69 bits per heavy atom. The molecule has 3 aromatic rings. The highest BCUT2D eigenvalue weighted by molar-refractivity contribution is 5.98. The molecule has 2 aromatic carbocycles. The molecule has 2 aliphatic rings. The highest BCUT2D eigenvalue weighted by Crippen LogP contribution is 2.34. The van der Waals surface area contributed by atoms with Crippen LogP contribution < -0.4 is 19.5 Å². The molecule has 0 spiro atoms. The number of amides is 3. The third-order valence-electron chi connectivity index (χ3n) is 7.05. The smallest absolute Gasteiger partial charge is 0.321 e. The topological polar surface area (TPSA) is 113 Å². The first kappa shape index (κ1) is 26.3. The molecule has 3 amide bonds. The number of benzene rings is 2. The molecule has 0 aliphatic carbocycles. The SMILES string of the molecule is C[C@H](CO)N1C[C@H](C)[C@@H](CN(C)C(=O)Nc2ccc3c(c2)OCO3)Oc2ncc(-c3ccccc3)cc2C1=O. The summed E-state index contributed by atoms with van der Waals surface area (Å²) >= 11 is 0. The minimum atomic E-state index is -0.465. The van der Waals surface area contributed by atoms with Crippen molar-refractivity contribution in [3.8, 4) is 28.5 Å². The summed E-state index contributed by atoms with van der Waals surface area (Å²) in [5.74, 6) is 1.00. The molecule has 10 heteroatoms. The zero-order valence-electron chi connectivity index (χ0n) is 22.2. The number of hydrogen-bond donors (Lipinski definition) is 2. The first-order valence-electron chi connectivity index (χ1n) is 12.9. The Bertz CT molecular complexity index is 1350. The first-order valence-corrected chi connectivity index (χ1v) is 12.9. The van der Waals surface area contributed by atoms with E-state index in [9.17, 15) is 14.7 Å². The number of anilines is 1. The monoisotopic (exact) mass is 532 g/mol. The van der Waals surface area contributed by atoms with Crippen molar-refractivity contribution in [1.82, 2.24) is 14.8 Å². The second-order valence-corrected chi connectivity index (χ2v) is 9.94. The van der Waals surface area contributed by atoms with Gasteiger partial charge in [-0.1, -0.05) is 37.3 Å². The predicted molar refractivity (Wildman–Crippen MR) is 145 cm³/mol. The second kappa shape index (κ2) is 11.2. The average molecular weight is 533 g/mol. The van der Waals surface area contributed by atoms with E-state index in [1.165, 1.54) is 4.90 Å². The van der Waals surface area contributed by atoms with E-state index in [4.69, 9.17) is 14.2 Å². The maximum absolute atomic E-state index is 13.6. The number of urea groups is 1. The van der Waals surface area contributed by atoms with Crippen molar-refractivity contribution in [2.75, 3.05) is 38.9 Å². The van der Waals surface area contributed by atoms with Gasteiger partial charge in [-0.15, -0.1) is 0 Å². The largest absolute Gasteiger partial charge is 0.472 e. The Balaban J connectivity index is 1.38. The van der Waals surface area contributed by atoms with Crippen LogP contribution in [0.1, 0.15) is 24.2 Å². The second-order valence-electron chi connectivity index (χ2n) is 9.94. The Hall–Kier alpha value is -4.31. The van der Waals surface area contributed by atoms with Gasteiger partial charge in [-0.05, 0) is 30.7 Å². The lowest BCUT2D eigenvalue weighted by Gasteiger charge is -2.37. The van der Waals surface area contributed by atoms with Crippen LogP contribution >= 0.6 is 0 Å². The lowest BCUT2D eigenvalue weighted by Crippen LogP contribution is -2.50. The van der Waals surface area contributed by atoms with E-state index in [1.54, 1.807) is 49.3 Å². The third kappa shape index (κ3) is 5.61. The minimum Gasteiger partial charge on any atom is -0.472 e. The summed E-state index contributed by atoms with van der Waals surface area (Å²) in [5, 5.41) is 12.8. The summed E-state index contributed by atoms with van der Waals surface area (Å²) in [6.07, 6.45) is 1.22. The summed E-state index contributed by atoms with van der Waals surface area (Å²) in [6.45, 7) is 4.33. The molecule has 0 fully saturated rings. The van der Waals surface area contributed by atoms with E-state index in [0.29, 0.717) is 29.3 Å². The number of hydrogen-bond acceptors (Lipinski definition) is 7. The number of ether oxygens (including phenoxy) is 3. The lowest BCUT2D eigenvalue weighted by atomic mass is 9.99. The van der Waals surface area contributed by atoms with Gasteiger partial charge in [0.1, 0.15) is 11.7 Å². The number of carbonyl (C=O) groups excluding carboxylic acids is 2. The molecule has 204 valence electrons. The van der Waals surface area contributed by atoms with Crippen molar-refractivity contribution in [3.63, 3.8) is 0 Å². The lowest BCUT2D eigenvalue weighted by molar-refractivity contribution is 0.0356. The van der Waals surface area contributed by atoms with E-state index in [0.717, 1.165) is 11.1 Å². The minimum absolute atomic E-state index is 0.153. The Morgan fingerprint density at radius 2 is 1.92 bits per heavy atom. The van der Waals surface area contributed by atoms with Crippen LogP contribution in [0.25, 0.3) is 11.1 Å². The van der Waals surface area contributed by atoms with Crippen LogP contribution in [0.15, 0.2) is 60.8 Å². The van der Waals surface area contributed by atoms with Crippen molar-refractivity contribution >= 4 is 17.6 Å². The van der Waals surface area contributed by atoms with Gasteiger partial charge in [-0.25, -0.2) is 9.78 Å². The fourth-order valence-electron chi connectivity index (χ4n) is 4.65. The molecular weight excluding hydrogens is 500 g/mol. The highest BCUT2D eigenvalue weighted by Gasteiger charge is 2.35. The molecule has 0 bridgehead atoms. The normalized spacial score (nSPS) is 18.9. The van der Waals surface area contributed by atoms with Gasteiger partial charge >= 0.3 is 6.03 Å². The zero-order chi connectivity index (χ0) is 27.5. The van der Waals surface area contributed by atoms with Crippen molar-refractivity contribution < 1.29 is 28.9 Å². The summed E-state index contributed by atoms with van der Waals surface area (Å²) in [4.78, 5) is 34.4. The van der Waals surface area contributed by atoms with Crippen molar-refractivity contribution in [3.05, 3.63) is 66.4 Å².